The SMILES string of the molecule is COc1ccc(-c2c3c(N)nc(-c4ccncc4)nc3nc3c2c(C)nn3-c2ccccc2)cc1. The molecule has 6 aromatic rings. The Morgan fingerprint density at radius 2 is 1.54 bits per heavy atom. The van der Waals surface area contributed by atoms with Crippen molar-refractivity contribution in [1.29, 1.82) is 0 Å². The average molecular weight is 460 g/mol. The van der Waals surface area contributed by atoms with Gasteiger partial charge in [-0.05, 0) is 48.9 Å². The molecular weight excluding hydrogens is 438 g/mol. The summed E-state index contributed by atoms with van der Waals surface area (Å²) in [6.45, 7) is 1.98. The first-order valence-electron chi connectivity index (χ1n) is 11.1. The first-order chi connectivity index (χ1) is 17.1. The third kappa shape index (κ3) is 3.43. The standard InChI is InChI=1S/C27H21N7O/c1-16-21-22(17-8-10-20(35-2)11-9-17)23-24(28)30-25(18-12-14-29-15-13-18)31-26(23)32-27(21)34(33-16)19-6-4-3-5-7-19/h3-15H,1-2H3,(H2,28,30,31,32). The van der Waals surface area contributed by atoms with Crippen LogP contribution in [0.4, 0.5) is 5.82 Å². The summed E-state index contributed by atoms with van der Waals surface area (Å²) in [6.07, 6.45) is 3.40. The topological polar surface area (TPSA) is 105 Å². The quantitative estimate of drug-likeness (QED) is 0.396. The minimum absolute atomic E-state index is 0.355. The zero-order valence-corrected chi connectivity index (χ0v) is 19.2. The maximum atomic E-state index is 6.59. The molecule has 8 heteroatoms. The normalized spacial score (nSPS) is 11.3. The van der Waals surface area contributed by atoms with Crippen molar-refractivity contribution in [2.75, 3.05) is 12.8 Å². The van der Waals surface area contributed by atoms with Gasteiger partial charge in [0.1, 0.15) is 11.6 Å². The number of aryl methyl sites for hydroxylation is 1. The molecule has 8 nitrogen and oxygen atoms in total. The molecule has 2 N–H and O–H groups in total. The molecule has 2 aromatic carbocycles. The lowest BCUT2D eigenvalue weighted by Crippen LogP contribution is -2.03. The fourth-order valence-corrected chi connectivity index (χ4v) is 4.35. The molecular formula is C27H21N7O. The Bertz CT molecular complexity index is 1680. The van der Waals surface area contributed by atoms with Gasteiger partial charge < -0.3 is 10.5 Å². The Balaban J connectivity index is 1.74. The Hall–Kier alpha value is -4.85. The van der Waals surface area contributed by atoms with Crippen molar-refractivity contribution in [2.45, 2.75) is 6.92 Å². The summed E-state index contributed by atoms with van der Waals surface area (Å²) in [5.41, 5.74) is 12.2. The summed E-state index contributed by atoms with van der Waals surface area (Å²) in [4.78, 5) is 18.5. The van der Waals surface area contributed by atoms with Gasteiger partial charge in [-0.2, -0.15) is 5.10 Å². The number of nitrogen functional groups attached to an aromatic ring is 1. The number of aromatic nitrogens is 6. The van der Waals surface area contributed by atoms with E-state index in [-0.39, 0.29) is 0 Å². The van der Waals surface area contributed by atoms with Gasteiger partial charge in [-0.15, -0.1) is 0 Å². The summed E-state index contributed by atoms with van der Waals surface area (Å²) in [5.74, 6) is 1.62. The van der Waals surface area contributed by atoms with E-state index >= 15 is 0 Å². The van der Waals surface area contributed by atoms with E-state index in [1.54, 1.807) is 19.5 Å². The van der Waals surface area contributed by atoms with Crippen LogP contribution in [0.1, 0.15) is 5.69 Å². The van der Waals surface area contributed by atoms with Gasteiger partial charge >= 0.3 is 0 Å². The Kier molecular flexibility index (Phi) is 4.84. The lowest BCUT2D eigenvalue weighted by atomic mass is 9.98. The van der Waals surface area contributed by atoms with Crippen molar-refractivity contribution in [3.63, 3.8) is 0 Å². The highest BCUT2D eigenvalue weighted by Gasteiger charge is 2.22. The first-order valence-corrected chi connectivity index (χ1v) is 11.1. The van der Waals surface area contributed by atoms with Crippen LogP contribution in [-0.4, -0.2) is 36.8 Å². The van der Waals surface area contributed by atoms with Crippen molar-refractivity contribution in [3.05, 3.63) is 84.8 Å². The number of para-hydroxylation sites is 1. The monoisotopic (exact) mass is 459 g/mol. The molecule has 0 saturated carbocycles. The molecule has 35 heavy (non-hydrogen) atoms. The lowest BCUT2D eigenvalue weighted by molar-refractivity contribution is 0.415. The summed E-state index contributed by atoms with van der Waals surface area (Å²) in [5, 5.41) is 6.44. The van der Waals surface area contributed by atoms with E-state index in [1.807, 2.05) is 78.3 Å². The summed E-state index contributed by atoms with van der Waals surface area (Å²) < 4.78 is 7.22. The molecule has 0 aliphatic carbocycles. The third-order valence-corrected chi connectivity index (χ3v) is 5.98. The maximum Gasteiger partial charge on any atom is 0.168 e. The fraction of sp³-hybridized carbons (Fsp3) is 0.0741. The van der Waals surface area contributed by atoms with E-state index in [0.29, 0.717) is 28.3 Å². The molecule has 0 saturated heterocycles. The molecule has 0 aliphatic heterocycles. The van der Waals surface area contributed by atoms with Gasteiger partial charge in [0.25, 0.3) is 0 Å². The molecule has 4 heterocycles. The Morgan fingerprint density at radius 1 is 0.800 bits per heavy atom. The zero-order valence-electron chi connectivity index (χ0n) is 19.2. The predicted octanol–water partition coefficient (Wildman–Crippen LogP) is 4.99. The molecule has 0 spiro atoms. The number of nitrogens with two attached hydrogens (primary N) is 1. The number of rotatable bonds is 4. The summed E-state index contributed by atoms with van der Waals surface area (Å²) in [6, 6.07) is 21.5. The number of pyridine rings is 2. The number of methoxy groups -OCH3 is 1. The number of anilines is 1. The number of ether oxygens (including phenoxy) is 1. The molecule has 170 valence electrons. The average Bonchev–Trinajstić information content (AvgIpc) is 3.24. The minimum atomic E-state index is 0.355. The number of fused-ring (bicyclic) bond motifs is 2. The molecule has 0 unspecified atom stereocenters. The molecule has 6 rings (SSSR count). The number of nitrogens with zero attached hydrogens (tertiary/aromatic N) is 6. The Labute approximate surface area is 201 Å². The van der Waals surface area contributed by atoms with Crippen molar-refractivity contribution in [2.24, 2.45) is 0 Å². The van der Waals surface area contributed by atoms with E-state index in [2.05, 4.69) is 9.97 Å². The van der Waals surface area contributed by atoms with Gasteiger partial charge in [0.15, 0.2) is 17.1 Å². The molecule has 0 aliphatic rings. The van der Waals surface area contributed by atoms with Gasteiger partial charge in [-0.25, -0.2) is 19.6 Å². The summed E-state index contributed by atoms with van der Waals surface area (Å²) in [7, 11) is 1.65. The van der Waals surface area contributed by atoms with Crippen LogP contribution in [-0.2, 0) is 0 Å². The summed E-state index contributed by atoms with van der Waals surface area (Å²) >= 11 is 0. The number of hydrogen-bond donors (Lipinski definition) is 1. The van der Waals surface area contributed by atoms with Crippen LogP contribution in [0.5, 0.6) is 5.75 Å². The van der Waals surface area contributed by atoms with Gasteiger partial charge in [0, 0.05) is 23.5 Å². The maximum absolute atomic E-state index is 6.59. The molecule has 0 bridgehead atoms. The highest BCUT2D eigenvalue weighted by atomic mass is 16.5. The van der Waals surface area contributed by atoms with Crippen LogP contribution in [0.3, 0.4) is 0 Å². The van der Waals surface area contributed by atoms with Crippen molar-refractivity contribution in [3.8, 4) is 34.0 Å². The number of benzene rings is 2. The van der Waals surface area contributed by atoms with Crippen molar-refractivity contribution in [1.82, 2.24) is 29.7 Å². The van der Waals surface area contributed by atoms with E-state index in [9.17, 15) is 0 Å². The molecule has 0 amide bonds. The number of hydrogen-bond acceptors (Lipinski definition) is 7. The van der Waals surface area contributed by atoms with Gasteiger partial charge in [0.2, 0.25) is 0 Å². The molecule has 4 aromatic heterocycles. The van der Waals surface area contributed by atoms with Crippen LogP contribution in [0.25, 0.3) is 50.3 Å². The van der Waals surface area contributed by atoms with Crippen molar-refractivity contribution >= 4 is 27.9 Å². The highest BCUT2D eigenvalue weighted by molar-refractivity contribution is 6.12. The second-order valence-electron chi connectivity index (χ2n) is 8.11. The molecule has 0 fully saturated rings. The highest BCUT2D eigenvalue weighted by Crippen LogP contribution is 2.39. The van der Waals surface area contributed by atoms with E-state index in [1.165, 1.54) is 0 Å². The molecule has 0 atom stereocenters. The van der Waals surface area contributed by atoms with Crippen LogP contribution < -0.4 is 10.5 Å². The van der Waals surface area contributed by atoms with Crippen LogP contribution in [0.15, 0.2) is 79.1 Å². The second kappa shape index (κ2) is 8.18. The van der Waals surface area contributed by atoms with Gasteiger partial charge in [-0.1, -0.05) is 30.3 Å². The van der Waals surface area contributed by atoms with Gasteiger partial charge in [-0.3, -0.25) is 4.98 Å². The molecule has 0 radical (unpaired) electrons. The predicted molar refractivity (Wildman–Crippen MR) is 136 cm³/mol. The lowest BCUT2D eigenvalue weighted by Gasteiger charge is -2.13. The zero-order chi connectivity index (χ0) is 23.9. The second-order valence-corrected chi connectivity index (χ2v) is 8.11. The van der Waals surface area contributed by atoms with E-state index in [0.717, 1.165) is 39.2 Å². The first kappa shape index (κ1) is 20.7. The largest absolute Gasteiger partial charge is 0.497 e. The van der Waals surface area contributed by atoms with Crippen molar-refractivity contribution < 1.29 is 4.74 Å². The van der Waals surface area contributed by atoms with Crippen LogP contribution in [0.2, 0.25) is 0 Å². The minimum Gasteiger partial charge on any atom is -0.497 e. The van der Waals surface area contributed by atoms with E-state index in [4.69, 9.17) is 25.5 Å². The van der Waals surface area contributed by atoms with E-state index < -0.39 is 0 Å². The Morgan fingerprint density at radius 3 is 2.26 bits per heavy atom. The third-order valence-electron chi connectivity index (χ3n) is 5.98. The fourth-order valence-electron chi connectivity index (χ4n) is 4.35. The van der Waals surface area contributed by atoms with Gasteiger partial charge in [0.05, 0.1) is 29.3 Å². The smallest absolute Gasteiger partial charge is 0.168 e. The van der Waals surface area contributed by atoms with Crippen LogP contribution in [0, 0.1) is 6.92 Å². The van der Waals surface area contributed by atoms with Crippen LogP contribution >= 0.6 is 0 Å².